The monoisotopic (exact) mass is 337 g/mol. The molecular formula is C14H15N3O3S2. The first-order valence-corrected chi connectivity index (χ1v) is 9.18. The summed E-state index contributed by atoms with van der Waals surface area (Å²) in [6, 6.07) is 8.02. The van der Waals surface area contributed by atoms with Gasteiger partial charge in [0.1, 0.15) is 0 Å². The van der Waals surface area contributed by atoms with E-state index in [2.05, 4.69) is 14.7 Å². The molecule has 0 saturated heterocycles. The molecule has 1 heterocycles. The second-order valence-electron chi connectivity index (χ2n) is 4.61. The third-order valence-corrected chi connectivity index (χ3v) is 4.26. The van der Waals surface area contributed by atoms with E-state index >= 15 is 0 Å². The van der Waals surface area contributed by atoms with Crippen molar-refractivity contribution in [3.8, 4) is 0 Å². The van der Waals surface area contributed by atoms with Gasteiger partial charge in [0.2, 0.25) is 10.0 Å². The number of hydrogen-bond donors (Lipinski definition) is 1. The number of sulfonamides is 1. The maximum absolute atomic E-state index is 12.3. The van der Waals surface area contributed by atoms with E-state index in [4.69, 9.17) is 0 Å². The fraction of sp³-hybridized carbons (Fsp3) is 0.214. The maximum Gasteiger partial charge on any atom is 0.229 e. The Morgan fingerprint density at radius 2 is 1.77 bits per heavy atom. The van der Waals surface area contributed by atoms with E-state index in [1.165, 1.54) is 11.8 Å². The number of hydrogen-bond acceptors (Lipinski definition) is 6. The number of nitrogens with one attached hydrogen (secondary N) is 1. The van der Waals surface area contributed by atoms with Gasteiger partial charge < -0.3 is 0 Å². The minimum atomic E-state index is -3.32. The summed E-state index contributed by atoms with van der Waals surface area (Å²) in [7, 11) is -3.32. The van der Waals surface area contributed by atoms with Crippen LogP contribution in [0, 0.1) is 0 Å². The highest BCUT2D eigenvalue weighted by Crippen LogP contribution is 2.22. The van der Waals surface area contributed by atoms with Gasteiger partial charge in [0.25, 0.3) is 0 Å². The lowest BCUT2D eigenvalue weighted by Crippen LogP contribution is -2.14. The number of anilines is 1. The molecule has 0 bridgehead atoms. The van der Waals surface area contributed by atoms with Crippen molar-refractivity contribution < 1.29 is 13.2 Å². The summed E-state index contributed by atoms with van der Waals surface area (Å²) in [6.07, 6.45) is 4.32. The van der Waals surface area contributed by atoms with Crippen LogP contribution in [0.2, 0.25) is 0 Å². The van der Waals surface area contributed by atoms with Crippen LogP contribution in [0.15, 0.2) is 47.9 Å². The lowest BCUT2D eigenvalue weighted by atomic mass is 10.1. The lowest BCUT2D eigenvalue weighted by molar-refractivity contribution is 0.0994. The quantitative estimate of drug-likeness (QED) is 0.494. The van der Waals surface area contributed by atoms with Crippen LogP contribution in [0.25, 0.3) is 0 Å². The van der Waals surface area contributed by atoms with Crippen molar-refractivity contribution in [3.05, 3.63) is 48.3 Å². The molecule has 2 aromatic rings. The van der Waals surface area contributed by atoms with Gasteiger partial charge in [0, 0.05) is 23.6 Å². The smallest absolute Gasteiger partial charge is 0.229 e. The molecule has 6 nitrogen and oxygen atoms in total. The Labute approximate surface area is 133 Å². The number of rotatable bonds is 6. The van der Waals surface area contributed by atoms with Gasteiger partial charge in [-0.2, -0.15) is 0 Å². The van der Waals surface area contributed by atoms with Crippen LogP contribution in [0.4, 0.5) is 5.69 Å². The summed E-state index contributed by atoms with van der Waals surface area (Å²) in [5.74, 6) is -0.0663. The molecule has 1 aromatic heterocycles. The molecule has 0 radical (unpaired) electrons. The van der Waals surface area contributed by atoms with Crippen molar-refractivity contribution in [3.63, 3.8) is 0 Å². The summed E-state index contributed by atoms with van der Waals surface area (Å²) in [5, 5.41) is 0.204. The second kappa shape index (κ2) is 6.89. The molecule has 22 heavy (non-hydrogen) atoms. The number of carbonyl (C=O) groups excluding carboxylic acids is 1. The number of benzene rings is 1. The van der Waals surface area contributed by atoms with E-state index in [-0.39, 0.29) is 11.0 Å². The first kappa shape index (κ1) is 16.4. The standard InChI is InChI=1S/C14H15N3O3S2/c1-10(21-14-15-8-3-9-16-14)13(18)11-4-6-12(7-5-11)17-22(2,19)20/h3-10,17H,1-2H3. The molecule has 0 aliphatic heterocycles. The summed E-state index contributed by atoms with van der Waals surface area (Å²) in [5.41, 5.74) is 0.931. The van der Waals surface area contributed by atoms with Gasteiger partial charge in [-0.25, -0.2) is 18.4 Å². The molecule has 1 N–H and O–H groups in total. The number of ketones is 1. The minimum absolute atomic E-state index is 0.0663. The highest BCUT2D eigenvalue weighted by atomic mass is 32.2. The molecule has 0 aliphatic rings. The molecule has 1 atom stereocenters. The van der Waals surface area contributed by atoms with Crippen molar-refractivity contribution in [2.24, 2.45) is 0 Å². The minimum Gasteiger partial charge on any atom is -0.293 e. The average Bonchev–Trinajstić information content (AvgIpc) is 2.46. The van der Waals surface area contributed by atoms with Crippen molar-refractivity contribution >= 4 is 33.3 Å². The van der Waals surface area contributed by atoms with Gasteiger partial charge >= 0.3 is 0 Å². The van der Waals surface area contributed by atoms with Gasteiger partial charge in [-0.1, -0.05) is 11.8 Å². The van der Waals surface area contributed by atoms with E-state index in [0.717, 1.165) is 6.26 Å². The maximum atomic E-state index is 12.3. The molecule has 1 unspecified atom stereocenters. The van der Waals surface area contributed by atoms with Crippen molar-refractivity contribution in [2.45, 2.75) is 17.3 Å². The topological polar surface area (TPSA) is 89.0 Å². The van der Waals surface area contributed by atoms with Crippen LogP contribution >= 0.6 is 11.8 Å². The highest BCUT2D eigenvalue weighted by molar-refractivity contribution is 8.00. The molecule has 8 heteroatoms. The Bertz CT molecular complexity index is 747. The normalized spacial score (nSPS) is 12.6. The van der Waals surface area contributed by atoms with Gasteiger partial charge in [0.05, 0.1) is 11.5 Å². The number of carbonyl (C=O) groups is 1. The van der Waals surface area contributed by atoms with Crippen molar-refractivity contribution in [1.82, 2.24) is 9.97 Å². The number of Topliss-reactive ketones (excluding diaryl/α,β-unsaturated/α-hetero) is 1. The van der Waals surface area contributed by atoms with Gasteiger partial charge in [-0.15, -0.1) is 0 Å². The second-order valence-corrected chi connectivity index (χ2v) is 7.66. The van der Waals surface area contributed by atoms with Crippen LogP contribution in [-0.4, -0.2) is 35.7 Å². The van der Waals surface area contributed by atoms with Gasteiger partial charge in [-0.05, 0) is 37.3 Å². The van der Waals surface area contributed by atoms with Gasteiger partial charge in [0.15, 0.2) is 10.9 Å². The van der Waals surface area contributed by atoms with Crippen LogP contribution in [0.5, 0.6) is 0 Å². The molecule has 0 amide bonds. The van der Waals surface area contributed by atoms with Crippen molar-refractivity contribution in [2.75, 3.05) is 11.0 Å². The highest BCUT2D eigenvalue weighted by Gasteiger charge is 2.17. The third kappa shape index (κ3) is 4.81. The summed E-state index contributed by atoms with van der Waals surface area (Å²) < 4.78 is 24.6. The largest absolute Gasteiger partial charge is 0.293 e. The Hall–Kier alpha value is -1.93. The molecule has 2 rings (SSSR count). The number of nitrogens with zero attached hydrogens (tertiary/aromatic N) is 2. The van der Waals surface area contributed by atoms with E-state index in [1.807, 2.05) is 0 Å². The summed E-state index contributed by atoms with van der Waals surface area (Å²) in [4.78, 5) is 20.5. The molecule has 0 aliphatic carbocycles. The molecule has 0 fully saturated rings. The zero-order chi connectivity index (χ0) is 16.2. The van der Waals surface area contributed by atoms with Gasteiger partial charge in [-0.3, -0.25) is 9.52 Å². The molecular weight excluding hydrogens is 322 g/mol. The number of aromatic nitrogens is 2. The lowest BCUT2D eigenvalue weighted by Gasteiger charge is -2.10. The van der Waals surface area contributed by atoms with E-state index in [0.29, 0.717) is 16.4 Å². The Morgan fingerprint density at radius 1 is 1.18 bits per heavy atom. The predicted octanol–water partition coefficient (Wildman–Crippen LogP) is 2.21. The fourth-order valence-corrected chi connectivity index (χ4v) is 3.08. The molecule has 0 spiro atoms. The SMILES string of the molecule is CC(Sc1ncccn1)C(=O)c1ccc(NS(C)(=O)=O)cc1. The van der Waals surface area contributed by atoms with E-state index in [1.54, 1.807) is 49.6 Å². The van der Waals surface area contributed by atoms with Crippen LogP contribution < -0.4 is 4.72 Å². The number of thioether (sulfide) groups is 1. The molecule has 1 aromatic carbocycles. The third-order valence-electron chi connectivity index (χ3n) is 2.67. The van der Waals surface area contributed by atoms with Crippen LogP contribution in [0.3, 0.4) is 0 Å². The first-order valence-electron chi connectivity index (χ1n) is 6.41. The first-order chi connectivity index (χ1) is 10.3. The fourth-order valence-electron chi connectivity index (χ4n) is 1.71. The zero-order valence-corrected chi connectivity index (χ0v) is 13.7. The predicted molar refractivity (Wildman–Crippen MR) is 86.6 cm³/mol. The zero-order valence-electron chi connectivity index (χ0n) is 12.1. The average molecular weight is 337 g/mol. The molecule has 116 valence electrons. The van der Waals surface area contributed by atoms with E-state index in [9.17, 15) is 13.2 Å². The van der Waals surface area contributed by atoms with Crippen LogP contribution in [-0.2, 0) is 10.0 Å². The van der Waals surface area contributed by atoms with E-state index < -0.39 is 10.0 Å². The van der Waals surface area contributed by atoms with Crippen molar-refractivity contribution in [1.29, 1.82) is 0 Å². The summed E-state index contributed by atoms with van der Waals surface area (Å²) >= 11 is 1.28. The molecule has 0 saturated carbocycles. The Balaban J connectivity index is 2.06. The Kier molecular flexibility index (Phi) is 5.15. The summed E-state index contributed by atoms with van der Waals surface area (Å²) in [6.45, 7) is 1.78. The van der Waals surface area contributed by atoms with Crippen LogP contribution in [0.1, 0.15) is 17.3 Å². The Morgan fingerprint density at radius 3 is 2.32 bits per heavy atom.